The Kier molecular flexibility index (Phi) is 4.11. The first-order valence-electron chi connectivity index (χ1n) is 7.20. The van der Waals surface area contributed by atoms with E-state index in [2.05, 4.69) is 15.5 Å². The zero-order valence-electron chi connectivity index (χ0n) is 12.9. The summed E-state index contributed by atoms with van der Waals surface area (Å²) in [6.45, 7) is 1.69. The molecule has 0 unspecified atom stereocenters. The van der Waals surface area contributed by atoms with Gasteiger partial charge in [0.2, 0.25) is 0 Å². The van der Waals surface area contributed by atoms with E-state index in [1.165, 1.54) is 10.9 Å². The van der Waals surface area contributed by atoms with E-state index in [1.54, 1.807) is 41.2 Å². The summed E-state index contributed by atoms with van der Waals surface area (Å²) in [6.07, 6.45) is 3.21. The minimum atomic E-state index is -1.000. The number of amides is 1. The van der Waals surface area contributed by atoms with Crippen molar-refractivity contribution in [3.8, 4) is 5.69 Å². The summed E-state index contributed by atoms with van der Waals surface area (Å²) in [7, 11) is 0. The number of carbonyl (C=O) groups excluding carboxylic acids is 1. The summed E-state index contributed by atoms with van der Waals surface area (Å²) < 4.78 is 3.01. The van der Waals surface area contributed by atoms with E-state index in [0.717, 1.165) is 11.4 Å². The minimum absolute atomic E-state index is 0.256. The van der Waals surface area contributed by atoms with E-state index in [0.29, 0.717) is 11.4 Å². The molecular formula is C16H15N5O3. The van der Waals surface area contributed by atoms with Gasteiger partial charge in [-0.1, -0.05) is 0 Å². The fourth-order valence-corrected chi connectivity index (χ4v) is 2.24. The number of carbonyl (C=O) groups is 2. The monoisotopic (exact) mass is 325 g/mol. The molecule has 3 aromatic rings. The van der Waals surface area contributed by atoms with Gasteiger partial charge in [0.15, 0.2) is 5.82 Å². The maximum atomic E-state index is 12.2. The number of carboxylic acids is 1. The molecule has 122 valence electrons. The average molecular weight is 325 g/mol. The Morgan fingerprint density at radius 3 is 2.54 bits per heavy atom. The summed E-state index contributed by atoms with van der Waals surface area (Å²) in [5.74, 6) is -1.02. The number of nitrogens with zero attached hydrogens (tertiary/aromatic N) is 4. The van der Waals surface area contributed by atoms with Crippen LogP contribution in [0.15, 0.2) is 48.8 Å². The van der Waals surface area contributed by atoms with Crippen molar-refractivity contribution in [2.24, 2.45) is 0 Å². The highest BCUT2D eigenvalue weighted by Gasteiger charge is 2.10. The second-order valence-corrected chi connectivity index (χ2v) is 5.18. The normalized spacial score (nSPS) is 10.5. The van der Waals surface area contributed by atoms with Crippen LogP contribution in [0.1, 0.15) is 16.1 Å². The van der Waals surface area contributed by atoms with Crippen LogP contribution in [0.5, 0.6) is 0 Å². The van der Waals surface area contributed by atoms with Crippen molar-refractivity contribution in [1.29, 1.82) is 0 Å². The Balaban J connectivity index is 1.70. The highest BCUT2D eigenvalue weighted by molar-refractivity contribution is 6.03. The Morgan fingerprint density at radius 1 is 1.17 bits per heavy atom. The molecule has 1 aromatic carbocycles. The van der Waals surface area contributed by atoms with Gasteiger partial charge in [-0.05, 0) is 37.3 Å². The van der Waals surface area contributed by atoms with Crippen LogP contribution < -0.4 is 5.32 Å². The second-order valence-electron chi connectivity index (χ2n) is 5.18. The third kappa shape index (κ3) is 3.32. The van der Waals surface area contributed by atoms with Crippen molar-refractivity contribution in [1.82, 2.24) is 19.6 Å². The predicted octanol–water partition coefficient (Wildman–Crippen LogP) is 1.71. The average Bonchev–Trinajstić information content (AvgIpc) is 3.16. The summed E-state index contributed by atoms with van der Waals surface area (Å²) in [5.41, 5.74) is 2.33. The predicted molar refractivity (Wildman–Crippen MR) is 86.1 cm³/mol. The number of hydrogen-bond donors (Lipinski definition) is 2. The number of anilines is 1. The number of hydrogen-bond acceptors (Lipinski definition) is 4. The van der Waals surface area contributed by atoms with Crippen LogP contribution >= 0.6 is 0 Å². The third-order valence-electron chi connectivity index (χ3n) is 3.39. The fourth-order valence-electron chi connectivity index (χ4n) is 2.24. The molecule has 0 aliphatic heterocycles. The molecule has 0 atom stereocenters. The van der Waals surface area contributed by atoms with Crippen molar-refractivity contribution in [2.75, 3.05) is 5.32 Å². The fraction of sp³-hybridized carbons (Fsp3) is 0.125. The lowest BCUT2D eigenvalue weighted by Crippen LogP contribution is -2.14. The number of nitrogens with one attached hydrogen (secondary N) is 1. The van der Waals surface area contributed by atoms with Gasteiger partial charge < -0.3 is 10.4 Å². The molecule has 0 saturated heterocycles. The Hall–Kier alpha value is -3.42. The van der Waals surface area contributed by atoms with Crippen molar-refractivity contribution in [3.63, 3.8) is 0 Å². The lowest BCUT2D eigenvalue weighted by atomic mass is 10.2. The number of aliphatic carboxylic acids is 1. The van der Waals surface area contributed by atoms with E-state index in [1.807, 2.05) is 13.0 Å². The van der Waals surface area contributed by atoms with E-state index in [4.69, 9.17) is 5.11 Å². The summed E-state index contributed by atoms with van der Waals surface area (Å²) in [6, 6.07) is 10.4. The molecule has 0 aliphatic rings. The second kappa shape index (κ2) is 6.37. The first kappa shape index (κ1) is 15.5. The third-order valence-corrected chi connectivity index (χ3v) is 3.39. The van der Waals surface area contributed by atoms with E-state index in [-0.39, 0.29) is 12.5 Å². The smallest absolute Gasteiger partial charge is 0.325 e. The molecule has 2 heterocycles. The molecule has 0 radical (unpaired) electrons. The van der Waals surface area contributed by atoms with Crippen LogP contribution in [0, 0.1) is 6.92 Å². The molecule has 0 spiro atoms. The van der Waals surface area contributed by atoms with Gasteiger partial charge in [-0.2, -0.15) is 10.2 Å². The SMILES string of the molecule is Cc1ccnn1-c1ccc(C(=O)Nc2ccn(CC(=O)O)n2)cc1. The van der Waals surface area contributed by atoms with Gasteiger partial charge in [0, 0.05) is 29.7 Å². The van der Waals surface area contributed by atoms with Gasteiger partial charge in [-0.3, -0.25) is 14.3 Å². The largest absolute Gasteiger partial charge is 0.480 e. The van der Waals surface area contributed by atoms with E-state index in [9.17, 15) is 9.59 Å². The first-order valence-corrected chi connectivity index (χ1v) is 7.20. The van der Waals surface area contributed by atoms with Crippen LogP contribution in [-0.4, -0.2) is 36.5 Å². The molecule has 8 heteroatoms. The molecule has 0 fully saturated rings. The van der Waals surface area contributed by atoms with E-state index >= 15 is 0 Å². The highest BCUT2D eigenvalue weighted by atomic mass is 16.4. The lowest BCUT2D eigenvalue weighted by Gasteiger charge is -2.06. The molecule has 2 aromatic heterocycles. The van der Waals surface area contributed by atoms with Gasteiger partial charge in [0.05, 0.1) is 5.69 Å². The Labute approximate surface area is 137 Å². The lowest BCUT2D eigenvalue weighted by molar-refractivity contribution is -0.137. The van der Waals surface area contributed by atoms with Crippen LogP contribution in [0.3, 0.4) is 0 Å². The maximum absolute atomic E-state index is 12.2. The molecule has 24 heavy (non-hydrogen) atoms. The number of aryl methyl sites for hydroxylation is 1. The van der Waals surface area contributed by atoms with Crippen LogP contribution in [-0.2, 0) is 11.3 Å². The molecule has 3 rings (SSSR count). The zero-order chi connectivity index (χ0) is 17.1. The van der Waals surface area contributed by atoms with Gasteiger partial charge in [-0.15, -0.1) is 0 Å². The van der Waals surface area contributed by atoms with Crippen molar-refractivity contribution >= 4 is 17.7 Å². The Bertz CT molecular complexity index is 879. The summed E-state index contributed by atoms with van der Waals surface area (Å²) in [5, 5.41) is 19.5. The van der Waals surface area contributed by atoms with Gasteiger partial charge in [-0.25, -0.2) is 4.68 Å². The van der Waals surface area contributed by atoms with Crippen molar-refractivity contribution in [2.45, 2.75) is 13.5 Å². The number of benzene rings is 1. The zero-order valence-corrected chi connectivity index (χ0v) is 12.9. The summed E-state index contributed by atoms with van der Waals surface area (Å²) >= 11 is 0. The first-order chi connectivity index (χ1) is 11.5. The van der Waals surface area contributed by atoms with Gasteiger partial charge in [0.1, 0.15) is 6.54 Å². The standard InChI is InChI=1S/C16H15N5O3/c1-11-6-8-17-21(11)13-4-2-12(3-5-13)16(24)18-14-7-9-20(19-14)10-15(22)23/h2-9H,10H2,1H3,(H,22,23)(H,18,19,24). The molecule has 0 saturated carbocycles. The number of aromatic nitrogens is 4. The number of carboxylic acid groups (broad SMARTS) is 1. The molecule has 0 aliphatic carbocycles. The highest BCUT2D eigenvalue weighted by Crippen LogP contribution is 2.13. The van der Waals surface area contributed by atoms with Crippen LogP contribution in [0.2, 0.25) is 0 Å². The Morgan fingerprint density at radius 2 is 1.92 bits per heavy atom. The molecule has 0 bridgehead atoms. The quantitative estimate of drug-likeness (QED) is 0.743. The molecule has 2 N–H and O–H groups in total. The van der Waals surface area contributed by atoms with E-state index < -0.39 is 5.97 Å². The number of rotatable bonds is 5. The maximum Gasteiger partial charge on any atom is 0.325 e. The van der Waals surface area contributed by atoms with Crippen molar-refractivity contribution in [3.05, 3.63) is 60.0 Å². The summed E-state index contributed by atoms with van der Waals surface area (Å²) in [4.78, 5) is 22.8. The van der Waals surface area contributed by atoms with Gasteiger partial charge >= 0.3 is 5.97 Å². The molecule has 1 amide bonds. The van der Waals surface area contributed by atoms with Crippen LogP contribution in [0.25, 0.3) is 5.69 Å². The van der Waals surface area contributed by atoms with Crippen molar-refractivity contribution < 1.29 is 14.7 Å². The van der Waals surface area contributed by atoms with Gasteiger partial charge in [0.25, 0.3) is 5.91 Å². The topological polar surface area (TPSA) is 102 Å². The molecular weight excluding hydrogens is 310 g/mol. The molecule has 8 nitrogen and oxygen atoms in total. The minimum Gasteiger partial charge on any atom is -0.480 e. The van der Waals surface area contributed by atoms with Crippen LogP contribution in [0.4, 0.5) is 5.82 Å².